The van der Waals surface area contributed by atoms with Crippen molar-refractivity contribution in [3.05, 3.63) is 63.5 Å². The molecule has 6 nitrogen and oxygen atoms in total. The predicted molar refractivity (Wildman–Crippen MR) is 98.0 cm³/mol. The van der Waals surface area contributed by atoms with Crippen molar-refractivity contribution in [2.45, 2.75) is 33.1 Å². The number of amides is 1. The van der Waals surface area contributed by atoms with Gasteiger partial charge in [0.05, 0.1) is 0 Å². The van der Waals surface area contributed by atoms with E-state index in [2.05, 4.69) is 46.2 Å². The van der Waals surface area contributed by atoms with Gasteiger partial charge in [0.15, 0.2) is 0 Å². The summed E-state index contributed by atoms with van der Waals surface area (Å²) in [5, 5.41) is 3.87. The summed E-state index contributed by atoms with van der Waals surface area (Å²) >= 11 is 0. The molecule has 0 saturated heterocycles. The second-order valence-electron chi connectivity index (χ2n) is 6.52. The minimum atomic E-state index is -0.176. The minimum absolute atomic E-state index is 0.169. The Hall–Kier alpha value is -2.89. The third kappa shape index (κ3) is 3.96. The Balaban J connectivity index is 1.66. The van der Waals surface area contributed by atoms with Gasteiger partial charge < -0.3 is 15.3 Å². The first kappa shape index (κ1) is 17.0. The summed E-state index contributed by atoms with van der Waals surface area (Å²) < 4.78 is 0. The SMILES string of the molecule is Cc1cc(=O)[nH]c(CCNC(=O)c2cc3ccc(C(C)C)cc3[nH]2)n1. The Kier molecular flexibility index (Phi) is 4.70. The maximum absolute atomic E-state index is 12.3. The van der Waals surface area contributed by atoms with Gasteiger partial charge in [0, 0.05) is 35.6 Å². The average Bonchev–Trinajstić information content (AvgIpc) is 2.97. The van der Waals surface area contributed by atoms with Crippen LogP contribution in [0.1, 0.15) is 47.3 Å². The third-order valence-electron chi connectivity index (χ3n) is 4.12. The summed E-state index contributed by atoms with van der Waals surface area (Å²) in [6, 6.07) is 9.49. The average molecular weight is 338 g/mol. The normalized spacial score (nSPS) is 11.2. The van der Waals surface area contributed by atoms with Crippen LogP contribution in [0.5, 0.6) is 0 Å². The molecule has 3 aromatic rings. The van der Waals surface area contributed by atoms with Crippen LogP contribution in [-0.4, -0.2) is 27.4 Å². The maximum atomic E-state index is 12.3. The van der Waals surface area contributed by atoms with E-state index in [-0.39, 0.29) is 11.5 Å². The topological polar surface area (TPSA) is 90.6 Å². The van der Waals surface area contributed by atoms with Gasteiger partial charge in [-0.2, -0.15) is 0 Å². The lowest BCUT2D eigenvalue weighted by molar-refractivity contribution is 0.0950. The molecule has 0 aliphatic carbocycles. The minimum Gasteiger partial charge on any atom is -0.351 e. The number of hydrogen-bond acceptors (Lipinski definition) is 3. The number of fused-ring (bicyclic) bond motifs is 1. The molecular weight excluding hydrogens is 316 g/mol. The summed E-state index contributed by atoms with van der Waals surface area (Å²) in [6.07, 6.45) is 0.473. The van der Waals surface area contributed by atoms with Gasteiger partial charge in [-0.1, -0.05) is 26.0 Å². The van der Waals surface area contributed by atoms with Crippen LogP contribution in [0.15, 0.2) is 35.1 Å². The molecule has 3 rings (SSSR count). The summed E-state index contributed by atoms with van der Waals surface area (Å²) in [7, 11) is 0. The van der Waals surface area contributed by atoms with E-state index in [0.29, 0.717) is 36.1 Å². The molecule has 1 amide bonds. The fraction of sp³-hybridized carbons (Fsp3) is 0.316. The van der Waals surface area contributed by atoms with E-state index in [1.807, 2.05) is 12.1 Å². The van der Waals surface area contributed by atoms with Gasteiger partial charge >= 0.3 is 0 Å². The number of nitrogens with zero attached hydrogens (tertiary/aromatic N) is 1. The first-order valence-electron chi connectivity index (χ1n) is 8.40. The van der Waals surface area contributed by atoms with Crippen LogP contribution in [0.4, 0.5) is 0 Å². The number of aromatic amines is 2. The highest BCUT2D eigenvalue weighted by Crippen LogP contribution is 2.21. The molecule has 2 heterocycles. The standard InChI is InChI=1S/C19H22N4O2/c1-11(2)13-4-5-14-10-16(22-15(14)9-13)19(25)20-7-6-17-21-12(3)8-18(24)23-17/h4-5,8-11,22H,6-7H2,1-3H3,(H,20,25)(H,21,23,24). The number of hydrogen-bond donors (Lipinski definition) is 3. The molecule has 130 valence electrons. The first-order valence-corrected chi connectivity index (χ1v) is 8.40. The summed E-state index contributed by atoms with van der Waals surface area (Å²) in [4.78, 5) is 33.8. The summed E-state index contributed by atoms with van der Waals surface area (Å²) in [5.41, 5.74) is 3.21. The second-order valence-corrected chi connectivity index (χ2v) is 6.52. The highest BCUT2D eigenvalue weighted by Gasteiger charge is 2.10. The Labute approximate surface area is 145 Å². The lowest BCUT2D eigenvalue weighted by Crippen LogP contribution is -2.27. The molecular formula is C19H22N4O2. The molecule has 0 fully saturated rings. The molecule has 0 aliphatic rings. The van der Waals surface area contributed by atoms with Gasteiger partial charge in [0.2, 0.25) is 0 Å². The van der Waals surface area contributed by atoms with E-state index in [0.717, 1.165) is 10.9 Å². The second kappa shape index (κ2) is 6.93. The number of carbonyl (C=O) groups is 1. The van der Waals surface area contributed by atoms with Crippen LogP contribution in [0.3, 0.4) is 0 Å². The summed E-state index contributed by atoms with van der Waals surface area (Å²) in [5.74, 6) is 0.842. The lowest BCUT2D eigenvalue weighted by Gasteiger charge is -2.04. The molecule has 0 unspecified atom stereocenters. The zero-order valence-electron chi connectivity index (χ0n) is 14.6. The quantitative estimate of drug-likeness (QED) is 0.668. The van der Waals surface area contributed by atoms with Gasteiger partial charge in [0.1, 0.15) is 11.5 Å². The van der Waals surface area contributed by atoms with Gasteiger partial charge in [-0.05, 0) is 30.5 Å². The van der Waals surface area contributed by atoms with E-state index < -0.39 is 0 Å². The zero-order chi connectivity index (χ0) is 18.0. The Morgan fingerprint density at radius 3 is 2.72 bits per heavy atom. The molecule has 1 aromatic carbocycles. The van der Waals surface area contributed by atoms with E-state index >= 15 is 0 Å². The molecule has 0 radical (unpaired) electrons. The smallest absolute Gasteiger partial charge is 0.267 e. The molecule has 0 atom stereocenters. The molecule has 2 aromatic heterocycles. The third-order valence-corrected chi connectivity index (χ3v) is 4.12. The Bertz CT molecular complexity index is 969. The number of rotatable bonds is 5. The van der Waals surface area contributed by atoms with Crippen LogP contribution in [0.25, 0.3) is 10.9 Å². The highest BCUT2D eigenvalue weighted by atomic mass is 16.2. The van der Waals surface area contributed by atoms with Crippen molar-refractivity contribution >= 4 is 16.8 Å². The number of carbonyl (C=O) groups excluding carboxylic acids is 1. The first-order chi connectivity index (χ1) is 11.9. The number of aromatic nitrogens is 3. The fourth-order valence-corrected chi connectivity index (χ4v) is 2.78. The van der Waals surface area contributed by atoms with Crippen molar-refractivity contribution in [2.75, 3.05) is 6.54 Å². The van der Waals surface area contributed by atoms with Crippen LogP contribution < -0.4 is 10.9 Å². The van der Waals surface area contributed by atoms with E-state index in [4.69, 9.17) is 0 Å². The molecule has 0 spiro atoms. The van der Waals surface area contributed by atoms with Crippen molar-refractivity contribution in [3.63, 3.8) is 0 Å². The molecule has 0 bridgehead atoms. The number of aryl methyl sites for hydroxylation is 1. The molecule has 0 saturated carbocycles. The number of H-pyrrole nitrogens is 2. The van der Waals surface area contributed by atoms with Crippen LogP contribution >= 0.6 is 0 Å². The monoisotopic (exact) mass is 338 g/mol. The van der Waals surface area contributed by atoms with Crippen LogP contribution in [0.2, 0.25) is 0 Å². The largest absolute Gasteiger partial charge is 0.351 e. The van der Waals surface area contributed by atoms with Crippen LogP contribution in [-0.2, 0) is 6.42 Å². The van der Waals surface area contributed by atoms with Gasteiger partial charge in [-0.3, -0.25) is 9.59 Å². The summed E-state index contributed by atoms with van der Waals surface area (Å²) in [6.45, 7) is 6.45. The van der Waals surface area contributed by atoms with Crippen molar-refractivity contribution in [1.29, 1.82) is 0 Å². The molecule has 25 heavy (non-hydrogen) atoms. The lowest BCUT2D eigenvalue weighted by atomic mass is 10.0. The Morgan fingerprint density at radius 1 is 1.20 bits per heavy atom. The predicted octanol–water partition coefficient (Wildman–Crippen LogP) is 2.66. The van der Waals surface area contributed by atoms with Crippen molar-refractivity contribution in [3.8, 4) is 0 Å². The molecule has 3 N–H and O–H groups in total. The molecule has 0 aliphatic heterocycles. The van der Waals surface area contributed by atoms with Crippen LogP contribution in [0, 0.1) is 6.92 Å². The number of benzene rings is 1. The van der Waals surface area contributed by atoms with Crippen molar-refractivity contribution in [2.24, 2.45) is 0 Å². The van der Waals surface area contributed by atoms with E-state index in [1.54, 1.807) is 6.92 Å². The maximum Gasteiger partial charge on any atom is 0.267 e. The number of nitrogens with one attached hydrogen (secondary N) is 3. The highest BCUT2D eigenvalue weighted by molar-refractivity contribution is 5.98. The van der Waals surface area contributed by atoms with Crippen molar-refractivity contribution in [1.82, 2.24) is 20.3 Å². The zero-order valence-corrected chi connectivity index (χ0v) is 14.6. The van der Waals surface area contributed by atoms with Gasteiger partial charge in [-0.15, -0.1) is 0 Å². The Morgan fingerprint density at radius 2 is 2.00 bits per heavy atom. The van der Waals surface area contributed by atoms with Crippen molar-refractivity contribution < 1.29 is 4.79 Å². The van der Waals surface area contributed by atoms with Gasteiger partial charge in [-0.25, -0.2) is 4.98 Å². The van der Waals surface area contributed by atoms with E-state index in [1.165, 1.54) is 11.6 Å². The fourth-order valence-electron chi connectivity index (χ4n) is 2.78. The molecule has 6 heteroatoms. The van der Waals surface area contributed by atoms with E-state index in [9.17, 15) is 9.59 Å². The van der Waals surface area contributed by atoms with Gasteiger partial charge in [0.25, 0.3) is 11.5 Å².